The summed E-state index contributed by atoms with van der Waals surface area (Å²) in [6, 6.07) is 33.6. The van der Waals surface area contributed by atoms with Crippen LogP contribution in [0.2, 0.25) is 5.02 Å². The third-order valence-electron chi connectivity index (χ3n) is 6.53. The van der Waals surface area contributed by atoms with Gasteiger partial charge in [-0.15, -0.1) is 0 Å². The summed E-state index contributed by atoms with van der Waals surface area (Å²) in [4.78, 5) is 14.5. The van der Waals surface area contributed by atoms with Crippen LogP contribution in [0.4, 0.5) is 0 Å². The maximum absolute atomic E-state index is 8.64. The van der Waals surface area contributed by atoms with Gasteiger partial charge in [0.1, 0.15) is 0 Å². The Morgan fingerprint density at radius 3 is 2.11 bits per heavy atom. The summed E-state index contributed by atoms with van der Waals surface area (Å²) in [6.07, 6.45) is 0. The van der Waals surface area contributed by atoms with Crippen LogP contribution in [0.1, 0.15) is 4.11 Å². The Morgan fingerprint density at radius 1 is 0.541 bits per heavy atom. The second-order valence-electron chi connectivity index (χ2n) is 8.81. The lowest BCUT2D eigenvalue weighted by molar-refractivity contribution is 1.08. The lowest BCUT2D eigenvalue weighted by Gasteiger charge is -2.12. The van der Waals surface area contributed by atoms with Crippen molar-refractivity contribution in [3.8, 4) is 34.2 Å². The van der Waals surface area contributed by atoms with Gasteiger partial charge in [0.05, 0.1) is 4.11 Å². The molecule has 3 nitrogen and oxygen atoms in total. The molecule has 0 N–H and O–H groups in total. The zero-order valence-corrected chi connectivity index (χ0v) is 20.3. The van der Waals surface area contributed by atoms with Crippen molar-refractivity contribution < 1.29 is 4.11 Å². The number of hydrogen-bond acceptors (Lipinski definition) is 3. The van der Waals surface area contributed by atoms with Gasteiger partial charge in [-0.2, -0.15) is 0 Å². The maximum Gasteiger partial charge on any atom is 0.164 e. The van der Waals surface area contributed by atoms with Crippen LogP contribution >= 0.6 is 11.6 Å². The van der Waals surface area contributed by atoms with E-state index in [1.807, 2.05) is 66.7 Å². The Balaban J connectivity index is 1.56. The summed E-state index contributed by atoms with van der Waals surface area (Å²) in [7, 11) is 0. The van der Waals surface area contributed by atoms with Crippen molar-refractivity contribution in [3.63, 3.8) is 0 Å². The molecule has 0 amide bonds. The van der Waals surface area contributed by atoms with E-state index in [4.69, 9.17) is 30.7 Å². The molecule has 1 aromatic heterocycles. The average Bonchev–Trinajstić information content (AvgIpc) is 2.99. The molecule has 0 spiro atoms. The average molecular weight is 497 g/mol. The third-order valence-corrected chi connectivity index (χ3v) is 6.73. The maximum atomic E-state index is 8.64. The first-order valence-corrected chi connectivity index (χ1v) is 12.3. The molecule has 0 saturated heterocycles. The van der Waals surface area contributed by atoms with Crippen LogP contribution in [0.5, 0.6) is 0 Å². The number of aromatic nitrogens is 3. The lowest BCUT2D eigenvalue weighted by atomic mass is 9.97. The molecule has 174 valence electrons. The third kappa shape index (κ3) is 3.90. The van der Waals surface area contributed by atoms with Crippen LogP contribution in [-0.4, -0.2) is 15.0 Å². The fourth-order valence-corrected chi connectivity index (χ4v) is 4.93. The zero-order chi connectivity index (χ0) is 27.4. The Kier molecular flexibility index (Phi) is 4.44. The summed E-state index contributed by atoms with van der Waals surface area (Å²) in [6.45, 7) is 0. The van der Waals surface area contributed by atoms with Crippen LogP contribution in [-0.2, 0) is 0 Å². The number of nitrogens with zero attached hydrogens (tertiary/aromatic N) is 3. The molecule has 4 heteroatoms. The smallest absolute Gasteiger partial charge is 0.164 e. The molecule has 6 aromatic carbocycles. The van der Waals surface area contributed by atoms with E-state index in [0.717, 1.165) is 43.4 Å². The highest BCUT2D eigenvalue weighted by Gasteiger charge is 2.16. The van der Waals surface area contributed by atoms with Crippen LogP contribution in [0, 0.1) is 0 Å². The van der Waals surface area contributed by atoms with Crippen LogP contribution < -0.4 is 0 Å². The molecule has 7 rings (SSSR count). The molecule has 0 unspecified atom stereocenters. The standard InChI is InChI=1S/C33H20ClN3/c34-27-12-5-11-25(20-27)31-35-32(26-18-15-21-7-1-2-9-24(21)19-26)37-33(36-31)29-14-6-10-23-17-16-22-8-3-4-13-28(22)30(23)29/h1-20H/i11D,12D,20D. The van der Waals surface area contributed by atoms with Crippen LogP contribution in [0.25, 0.3) is 66.5 Å². The van der Waals surface area contributed by atoms with E-state index in [0.29, 0.717) is 11.6 Å². The fraction of sp³-hybridized carbons (Fsp3) is 0. The van der Waals surface area contributed by atoms with Crippen molar-refractivity contribution in [3.05, 3.63) is 126 Å². The topological polar surface area (TPSA) is 38.7 Å². The summed E-state index contributed by atoms with van der Waals surface area (Å²) in [5, 5.41) is 6.34. The normalized spacial score (nSPS) is 12.5. The molecule has 0 fully saturated rings. The molecule has 0 saturated carbocycles. The van der Waals surface area contributed by atoms with Crippen molar-refractivity contribution in [1.29, 1.82) is 0 Å². The predicted octanol–water partition coefficient (Wildman–Crippen LogP) is 8.99. The van der Waals surface area contributed by atoms with E-state index >= 15 is 0 Å². The van der Waals surface area contributed by atoms with Gasteiger partial charge in [-0.05, 0) is 45.1 Å². The van der Waals surface area contributed by atoms with E-state index in [1.165, 1.54) is 6.07 Å². The quantitative estimate of drug-likeness (QED) is 0.229. The molecule has 0 aliphatic heterocycles. The van der Waals surface area contributed by atoms with Crippen molar-refractivity contribution in [2.45, 2.75) is 0 Å². The van der Waals surface area contributed by atoms with E-state index in [1.54, 1.807) is 0 Å². The minimum atomic E-state index is -0.149. The molecule has 0 bridgehead atoms. The summed E-state index contributed by atoms with van der Waals surface area (Å²) in [5.74, 6) is 1.02. The SMILES string of the molecule is [2H]c1cc([2H])c(-c2nc(-c3ccc4ccccc4c3)nc(-c3cccc4ccc5ccccc5c34)n2)c([2H])c1Cl. The highest BCUT2D eigenvalue weighted by Crippen LogP contribution is 2.35. The van der Waals surface area contributed by atoms with Crippen molar-refractivity contribution in [2.24, 2.45) is 0 Å². The molecular formula is C33H20ClN3. The van der Waals surface area contributed by atoms with Crippen molar-refractivity contribution >= 4 is 43.9 Å². The van der Waals surface area contributed by atoms with E-state index in [-0.39, 0.29) is 34.5 Å². The van der Waals surface area contributed by atoms with Gasteiger partial charge in [0.25, 0.3) is 0 Å². The first-order valence-electron chi connectivity index (χ1n) is 13.4. The minimum Gasteiger partial charge on any atom is -0.208 e. The second-order valence-corrected chi connectivity index (χ2v) is 9.18. The van der Waals surface area contributed by atoms with Gasteiger partial charge in [-0.25, -0.2) is 15.0 Å². The largest absolute Gasteiger partial charge is 0.208 e. The van der Waals surface area contributed by atoms with E-state index < -0.39 is 0 Å². The van der Waals surface area contributed by atoms with E-state index in [2.05, 4.69) is 30.3 Å². The number of fused-ring (bicyclic) bond motifs is 4. The Bertz CT molecular complexity index is 2130. The Morgan fingerprint density at radius 2 is 1.22 bits per heavy atom. The summed E-state index contributed by atoms with van der Waals surface area (Å²) in [5.41, 5.74) is 1.77. The Hall–Kier alpha value is -4.60. The Labute approximate surface area is 223 Å². The monoisotopic (exact) mass is 496 g/mol. The fourth-order valence-electron chi connectivity index (χ4n) is 4.79. The van der Waals surface area contributed by atoms with Gasteiger partial charge in [-0.1, -0.05) is 115 Å². The second kappa shape index (κ2) is 8.81. The summed E-state index contributed by atoms with van der Waals surface area (Å²) >= 11 is 6.30. The predicted molar refractivity (Wildman–Crippen MR) is 154 cm³/mol. The molecule has 0 aliphatic carbocycles. The summed E-state index contributed by atoms with van der Waals surface area (Å²) < 4.78 is 25.3. The van der Waals surface area contributed by atoms with Crippen LogP contribution in [0.15, 0.2) is 121 Å². The van der Waals surface area contributed by atoms with Crippen molar-refractivity contribution in [1.82, 2.24) is 15.0 Å². The molecular weight excluding hydrogens is 474 g/mol. The number of halogens is 1. The molecule has 0 aliphatic rings. The van der Waals surface area contributed by atoms with Gasteiger partial charge in [0.15, 0.2) is 17.5 Å². The molecule has 0 atom stereocenters. The lowest BCUT2D eigenvalue weighted by Crippen LogP contribution is -2.00. The number of benzene rings is 6. The first kappa shape index (κ1) is 18.6. The van der Waals surface area contributed by atoms with Gasteiger partial charge in [0, 0.05) is 27.1 Å². The van der Waals surface area contributed by atoms with Crippen LogP contribution in [0.3, 0.4) is 0 Å². The minimum absolute atomic E-state index is 0.0376. The number of hydrogen-bond donors (Lipinski definition) is 0. The highest BCUT2D eigenvalue weighted by atomic mass is 35.5. The van der Waals surface area contributed by atoms with Gasteiger partial charge in [-0.3, -0.25) is 0 Å². The molecule has 7 aromatic rings. The van der Waals surface area contributed by atoms with Gasteiger partial charge < -0.3 is 0 Å². The first-order chi connectivity index (χ1) is 19.5. The van der Waals surface area contributed by atoms with Crippen molar-refractivity contribution in [2.75, 3.05) is 0 Å². The molecule has 37 heavy (non-hydrogen) atoms. The number of rotatable bonds is 3. The molecule has 0 radical (unpaired) electrons. The van der Waals surface area contributed by atoms with Gasteiger partial charge in [0.2, 0.25) is 0 Å². The van der Waals surface area contributed by atoms with Gasteiger partial charge >= 0.3 is 0 Å². The van der Waals surface area contributed by atoms with E-state index in [9.17, 15) is 0 Å². The molecule has 1 heterocycles. The zero-order valence-electron chi connectivity index (χ0n) is 22.5. The highest BCUT2D eigenvalue weighted by molar-refractivity contribution is 6.30.